The maximum absolute atomic E-state index is 13.1. The molecule has 0 spiro atoms. The number of halogens is 1. The largest absolute Gasteiger partial charge is 0.492 e. The van der Waals surface area contributed by atoms with E-state index >= 15 is 0 Å². The van der Waals surface area contributed by atoms with Gasteiger partial charge in [0.25, 0.3) is 0 Å². The molecule has 0 N–H and O–H groups in total. The highest BCUT2D eigenvalue weighted by atomic mass is 35.5. The number of Topliss-reactive ketones (excluding diaryl/α,β-unsaturated/α-hetero) is 1. The number of rotatable bonds is 8. The lowest BCUT2D eigenvalue weighted by Crippen LogP contribution is -2.06. The van der Waals surface area contributed by atoms with E-state index in [1.54, 1.807) is 54.2 Å². The summed E-state index contributed by atoms with van der Waals surface area (Å²) in [7, 11) is -3.81. The van der Waals surface area contributed by atoms with E-state index in [2.05, 4.69) is 9.97 Å². The summed E-state index contributed by atoms with van der Waals surface area (Å²) >= 11 is 6.02. The second-order valence-electron chi connectivity index (χ2n) is 7.07. The Hall–Kier alpha value is -3.23. The molecule has 0 aliphatic rings. The first-order valence-electron chi connectivity index (χ1n) is 9.97. The van der Waals surface area contributed by atoms with E-state index in [1.807, 2.05) is 0 Å². The first kappa shape index (κ1) is 22.0. The minimum absolute atomic E-state index is 0.0252. The van der Waals surface area contributed by atoms with Gasteiger partial charge < -0.3 is 4.74 Å². The Balaban J connectivity index is 1.49. The number of fused-ring (bicyclic) bond motifs is 1. The topological polar surface area (TPSA) is 90.6 Å². The first-order valence-corrected chi connectivity index (χ1v) is 11.8. The molecule has 2 aromatic heterocycles. The Morgan fingerprint density at radius 2 is 1.91 bits per heavy atom. The van der Waals surface area contributed by atoms with Crippen LogP contribution in [0.25, 0.3) is 5.78 Å². The van der Waals surface area contributed by atoms with E-state index < -0.39 is 9.84 Å². The molecule has 0 aliphatic carbocycles. The molecule has 0 saturated heterocycles. The zero-order chi connectivity index (χ0) is 22.7. The molecule has 32 heavy (non-hydrogen) atoms. The van der Waals surface area contributed by atoms with E-state index in [4.69, 9.17) is 16.3 Å². The molecule has 0 unspecified atom stereocenters. The molecule has 7 nitrogen and oxygen atoms in total. The van der Waals surface area contributed by atoms with Gasteiger partial charge in [0.05, 0.1) is 17.1 Å². The van der Waals surface area contributed by atoms with Crippen molar-refractivity contribution in [1.29, 1.82) is 0 Å². The van der Waals surface area contributed by atoms with Gasteiger partial charge in [0.15, 0.2) is 5.78 Å². The van der Waals surface area contributed by atoms with Crippen molar-refractivity contribution < 1.29 is 17.9 Å². The van der Waals surface area contributed by atoms with E-state index in [1.165, 1.54) is 24.4 Å². The summed E-state index contributed by atoms with van der Waals surface area (Å²) in [6, 6.07) is 11.0. The van der Waals surface area contributed by atoms with Crippen molar-refractivity contribution >= 4 is 33.0 Å². The average Bonchev–Trinajstić information content (AvgIpc) is 3.27. The Kier molecular flexibility index (Phi) is 6.25. The van der Waals surface area contributed by atoms with Crippen LogP contribution in [0.5, 0.6) is 5.75 Å². The molecule has 0 aliphatic heterocycles. The fraction of sp³-hybridized carbons (Fsp3) is 0.174. The van der Waals surface area contributed by atoms with Gasteiger partial charge in [0, 0.05) is 36.2 Å². The molecule has 0 atom stereocenters. The second-order valence-corrected chi connectivity index (χ2v) is 9.43. The SMILES string of the molecule is CCOc1ccc(Cl)cc1S(=O)(=O)c1ccc(CCC(=O)c2cnc3nccn3c2)cc1. The highest BCUT2D eigenvalue weighted by molar-refractivity contribution is 7.91. The van der Waals surface area contributed by atoms with Crippen molar-refractivity contribution in [1.82, 2.24) is 14.4 Å². The van der Waals surface area contributed by atoms with Crippen molar-refractivity contribution in [2.24, 2.45) is 0 Å². The molecule has 0 radical (unpaired) electrons. The van der Waals surface area contributed by atoms with Crippen LogP contribution in [0.3, 0.4) is 0 Å². The van der Waals surface area contributed by atoms with Crippen LogP contribution >= 0.6 is 11.6 Å². The molecule has 9 heteroatoms. The third-order valence-corrected chi connectivity index (χ3v) is 6.96. The van der Waals surface area contributed by atoms with Crippen LogP contribution in [-0.4, -0.2) is 35.2 Å². The fourth-order valence-electron chi connectivity index (χ4n) is 3.29. The summed E-state index contributed by atoms with van der Waals surface area (Å²) in [5, 5.41) is 0.311. The van der Waals surface area contributed by atoms with Crippen LogP contribution in [0.15, 0.2) is 77.0 Å². The molecule has 2 aromatic carbocycles. The number of ether oxygens (including phenoxy) is 1. The summed E-state index contributed by atoms with van der Waals surface area (Å²) in [5.74, 6) is 0.741. The number of aryl methyl sites for hydroxylation is 1. The highest BCUT2D eigenvalue weighted by Crippen LogP contribution is 2.32. The lowest BCUT2D eigenvalue weighted by Gasteiger charge is -2.12. The maximum Gasteiger partial charge on any atom is 0.233 e. The van der Waals surface area contributed by atoms with Gasteiger partial charge in [-0.2, -0.15) is 0 Å². The van der Waals surface area contributed by atoms with Crippen LogP contribution in [0, 0.1) is 0 Å². The van der Waals surface area contributed by atoms with Gasteiger partial charge in [0.2, 0.25) is 15.6 Å². The van der Waals surface area contributed by atoms with Crippen molar-refractivity contribution in [2.45, 2.75) is 29.6 Å². The Morgan fingerprint density at radius 1 is 1.12 bits per heavy atom. The standard InChI is InChI=1S/C23H20ClN3O4S/c1-2-31-21-10-6-18(24)13-22(21)32(29,30)19-7-3-16(4-8-19)5-9-20(28)17-14-26-23-25-11-12-27(23)15-17/h3-4,6-8,10-15H,2,5,9H2,1H3. The van der Waals surface area contributed by atoms with Crippen LogP contribution < -0.4 is 4.74 Å². The number of hydrogen-bond donors (Lipinski definition) is 0. The van der Waals surface area contributed by atoms with Gasteiger partial charge in [-0.15, -0.1) is 0 Å². The number of aromatic nitrogens is 3. The van der Waals surface area contributed by atoms with Gasteiger partial charge in [0.1, 0.15) is 10.6 Å². The number of hydrogen-bond acceptors (Lipinski definition) is 6. The predicted molar refractivity (Wildman–Crippen MR) is 120 cm³/mol. The summed E-state index contributed by atoms with van der Waals surface area (Å²) in [6.07, 6.45) is 7.32. The summed E-state index contributed by atoms with van der Waals surface area (Å²) < 4.78 is 33.4. The van der Waals surface area contributed by atoms with Crippen molar-refractivity contribution in [2.75, 3.05) is 6.61 Å². The van der Waals surface area contributed by atoms with Crippen LogP contribution in [-0.2, 0) is 16.3 Å². The lowest BCUT2D eigenvalue weighted by atomic mass is 10.0. The lowest BCUT2D eigenvalue weighted by molar-refractivity contribution is 0.0982. The number of ketones is 1. The first-order chi connectivity index (χ1) is 15.4. The number of carbonyl (C=O) groups excluding carboxylic acids is 1. The zero-order valence-corrected chi connectivity index (χ0v) is 18.8. The number of carbonyl (C=O) groups is 1. The molecular formula is C23H20ClN3O4S. The molecule has 0 fully saturated rings. The van der Waals surface area contributed by atoms with E-state index in [0.717, 1.165) is 5.56 Å². The van der Waals surface area contributed by atoms with E-state index in [-0.39, 0.29) is 27.7 Å². The third-order valence-electron chi connectivity index (χ3n) is 4.94. The monoisotopic (exact) mass is 469 g/mol. The third kappa shape index (κ3) is 4.51. The molecule has 4 rings (SSSR count). The average molecular weight is 470 g/mol. The quantitative estimate of drug-likeness (QED) is 0.354. The summed E-state index contributed by atoms with van der Waals surface area (Å²) in [5.41, 5.74) is 1.35. The summed E-state index contributed by atoms with van der Waals surface area (Å²) in [6.45, 7) is 2.12. The van der Waals surface area contributed by atoms with Gasteiger partial charge in [-0.25, -0.2) is 18.4 Å². The Labute approximate surface area is 190 Å². The van der Waals surface area contributed by atoms with E-state index in [0.29, 0.717) is 29.4 Å². The highest BCUT2D eigenvalue weighted by Gasteiger charge is 2.23. The normalized spacial score (nSPS) is 11.6. The van der Waals surface area contributed by atoms with Crippen molar-refractivity contribution in [3.63, 3.8) is 0 Å². The maximum atomic E-state index is 13.1. The van der Waals surface area contributed by atoms with Crippen LogP contribution in [0.4, 0.5) is 0 Å². The molecule has 2 heterocycles. The van der Waals surface area contributed by atoms with Gasteiger partial charge >= 0.3 is 0 Å². The molecule has 0 amide bonds. The Bertz CT molecular complexity index is 1380. The summed E-state index contributed by atoms with van der Waals surface area (Å²) in [4.78, 5) is 20.9. The van der Waals surface area contributed by atoms with Crippen LogP contribution in [0.2, 0.25) is 5.02 Å². The zero-order valence-electron chi connectivity index (χ0n) is 17.2. The number of benzene rings is 2. The molecule has 4 aromatic rings. The minimum Gasteiger partial charge on any atom is -0.492 e. The van der Waals surface area contributed by atoms with Gasteiger partial charge in [-0.3, -0.25) is 9.20 Å². The van der Waals surface area contributed by atoms with Gasteiger partial charge in [-0.1, -0.05) is 23.7 Å². The van der Waals surface area contributed by atoms with Crippen LogP contribution in [0.1, 0.15) is 29.3 Å². The second kappa shape index (κ2) is 9.10. The minimum atomic E-state index is -3.81. The molecule has 164 valence electrons. The van der Waals surface area contributed by atoms with Gasteiger partial charge in [-0.05, 0) is 49.2 Å². The molecular weight excluding hydrogens is 450 g/mol. The van der Waals surface area contributed by atoms with E-state index in [9.17, 15) is 13.2 Å². The van der Waals surface area contributed by atoms with Crippen molar-refractivity contribution in [3.05, 3.63) is 83.4 Å². The number of sulfone groups is 1. The number of nitrogens with zero attached hydrogens (tertiary/aromatic N) is 3. The smallest absolute Gasteiger partial charge is 0.233 e. The molecule has 0 saturated carbocycles. The fourth-order valence-corrected chi connectivity index (χ4v) is 4.95. The molecule has 0 bridgehead atoms. The predicted octanol–water partition coefficient (Wildman–Crippen LogP) is 4.43. The van der Waals surface area contributed by atoms with Crippen molar-refractivity contribution in [3.8, 4) is 5.75 Å². The number of imidazole rings is 1. The Morgan fingerprint density at radius 3 is 2.66 bits per heavy atom.